The molecule has 0 unspecified atom stereocenters. The second-order valence-electron chi connectivity index (χ2n) is 8.58. The number of hydrogen-bond donors (Lipinski definition) is 1. The van der Waals surface area contributed by atoms with Gasteiger partial charge in [0, 0.05) is 0 Å². The van der Waals surface area contributed by atoms with Gasteiger partial charge in [-0.05, 0) is 6.42 Å². The average molecular weight is 485 g/mol. The minimum atomic E-state index is -1.14. The average Bonchev–Trinajstić information content (AvgIpc) is 3.37. The van der Waals surface area contributed by atoms with E-state index in [2.05, 4.69) is 45.4 Å². The van der Waals surface area contributed by atoms with Gasteiger partial charge in [-0.15, -0.1) is 21.2 Å². The van der Waals surface area contributed by atoms with Gasteiger partial charge in [0.25, 0.3) is 0 Å². The quantitative estimate of drug-likeness (QED) is 0.218. The van der Waals surface area contributed by atoms with Crippen molar-refractivity contribution >= 4 is 8.07 Å². The van der Waals surface area contributed by atoms with E-state index in [9.17, 15) is 0 Å². The first-order valence-electron chi connectivity index (χ1n) is 11.4. The van der Waals surface area contributed by atoms with Crippen LogP contribution in [0.1, 0.15) is 96.8 Å². The van der Waals surface area contributed by atoms with Crippen molar-refractivity contribution in [2.45, 2.75) is 116 Å². The SMILES string of the molecule is C1CCCC1.C1CCCC1.C=CCC(=[C-][Si](C)(C)C)CCCC.C=CCO.[Zr+3]. The molecule has 1 nitrogen and oxygen atoms in total. The second-order valence-corrected chi connectivity index (χ2v) is 13.3. The summed E-state index contributed by atoms with van der Waals surface area (Å²) >= 11 is 0. The van der Waals surface area contributed by atoms with Crippen molar-refractivity contribution in [2.24, 2.45) is 0 Å². The Morgan fingerprint density at radius 3 is 1.43 bits per heavy atom. The zero-order valence-corrected chi connectivity index (χ0v) is 23.1. The Balaban J connectivity index is -0.000000340. The van der Waals surface area contributed by atoms with E-state index >= 15 is 0 Å². The van der Waals surface area contributed by atoms with Crippen LogP contribution >= 0.6 is 0 Å². The molecule has 2 saturated carbocycles. The van der Waals surface area contributed by atoms with Crippen LogP contribution in [-0.2, 0) is 26.2 Å². The van der Waals surface area contributed by atoms with Gasteiger partial charge in [0.15, 0.2) is 0 Å². The Morgan fingerprint density at radius 1 is 0.857 bits per heavy atom. The van der Waals surface area contributed by atoms with Crippen LogP contribution in [0.15, 0.2) is 30.9 Å². The fraction of sp³-hybridized carbons (Fsp3) is 0.760. The predicted molar refractivity (Wildman–Crippen MR) is 128 cm³/mol. The molecule has 2 aliphatic carbocycles. The van der Waals surface area contributed by atoms with E-state index in [1.165, 1.54) is 95.1 Å². The number of aliphatic hydroxyl groups excluding tert-OH is 1. The standard InChI is InChI=1S/C12H23Si.2C5H10.C3H6O.Zr/c1-6-8-10-12(9-7-2)11-13(3,4)5;2*1-2-4-5-3-1;1-2-3-4;/h7H,2,6,8-10H2,1,3-5H3;2*1-5H2;2,4H,1,3H2;/q-1;;;;+3. The van der Waals surface area contributed by atoms with Crippen LogP contribution in [-0.4, -0.2) is 19.8 Å². The molecule has 1 N–H and O–H groups in total. The molecule has 2 aliphatic rings. The molecule has 0 saturated heterocycles. The van der Waals surface area contributed by atoms with Crippen LogP contribution in [0, 0.1) is 5.70 Å². The van der Waals surface area contributed by atoms with Crippen LogP contribution in [0.5, 0.6) is 0 Å². The van der Waals surface area contributed by atoms with E-state index < -0.39 is 8.07 Å². The molecule has 28 heavy (non-hydrogen) atoms. The Bertz CT molecular complexity index is 325. The van der Waals surface area contributed by atoms with Crippen molar-refractivity contribution < 1.29 is 31.3 Å². The first-order chi connectivity index (χ1) is 12.9. The molecule has 0 aromatic heterocycles. The number of hydrogen-bond acceptors (Lipinski definition) is 1. The molecule has 0 amide bonds. The molecular weight excluding hydrogens is 436 g/mol. The zero-order valence-electron chi connectivity index (χ0n) is 19.6. The molecular formula is C25H49OSiZr+2. The molecule has 0 heterocycles. The van der Waals surface area contributed by atoms with E-state index in [0.717, 1.165) is 6.42 Å². The zero-order chi connectivity index (χ0) is 20.8. The van der Waals surface area contributed by atoms with Gasteiger partial charge in [-0.3, -0.25) is 5.57 Å². The topological polar surface area (TPSA) is 20.2 Å². The molecule has 1 radical (unpaired) electrons. The minimum absolute atomic E-state index is 0. The van der Waals surface area contributed by atoms with Crippen LogP contribution in [0.3, 0.4) is 0 Å². The summed E-state index contributed by atoms with van der Waals surface area (Å²) in [5, 5.41) is 7.76. The summed E-state index contributed by atoms with van der Waals surface area (Å²) in [6, 6.07) is 0. The van der Waals surface area contributed by atoms with Crippen molar-refractivity contribution in [1.29, 1.82) is 0 Å². The molecule has 0 atom stereocenters. The van der Waals surface area contributed by atoms with Gasteiger partial charge >= 0.3 is 26.2 Å². The maximum absolute atomic E-state index is 7.76. The molecule has 161 valence electrons. The van der Waals surface area contributed by atoms with E-state index in [-0.39, 0.29) is 32.8 Å². The van der Waals surface area contributed by atoms with Gasteiger partial charge in [0.2, 0.25) is 0 Å². The maximum atomic E-state index is 7.76. The Hall–Kier alpha value is 0.280. The summed E-state index contributed by atoms with van der Waals surface area (Å²) in [5.74, 6) is 0. The van der Waals surface area contributed by atoms with Gasteiger partial charge in [-0.25, -0.2) is 0 Å². The fourth-order valence-electron chi connectivity index (χ4n) is 3.08. The summed E-state index contributed by atoms with van der Waals surface area (Å²) in [4.78, 5) is 0. The largest absolute Gasteiger partial charge is 3.00 e. The van der Waals surface area contributed by atoms with Gasteiger partial charge < -0.3 is 10.8 Å². The number of aliphatic hydroxyl groups is 1. The number of unbranched alkanes of at least 4 members (excludes halogenated alkanes) is 1. The van der Waals surface area contributed by atoms with Gasteiger partial charge in [0.05, 0.1) is 6.61 Å². The third-order valence-electron chi connectivity index (χ3n) is 4.40. The normalized spacial score (nSPS) is 15.5. The van der Waals surface area contributed by atoms with Crippen molar-refractivity contribution in [3.05, 3.63) is 36.6 Å². The Morgan fingerprint density at radius 2 is 1.21 bits per heavy atom. The third kappa shape index (κ3) is 31.0. The molecule has 2 rings (SSSR count). The molecule has 0 aromatic rings. The van der Waals surface area contributed by atoms with Crippen molar-refractivity contribution in [2.75, 3.05) is 6.61 Å². The van der Waals surface area contributed by atoms with Crippen LogP contribution in [0.4, 0.5) is 0 Å². The summed E-state index contributed by atoms with van der Waals surface area (Å²) < 4.78 is 0. The third-order valence-corrected chi connectivity index (χ3v) is 5.51. The van der Waals surface area contributed by atoms with Crippen LogP contribution < -0.4 is 0 Å². The Kier molecular flexibility index (Phi) is 29.8. The summed E-state index contributed by atoms with van der Waals surface area (Å²) in [6.07, 6.45) is 23.2. The van der Waals surface area contributed by atoms with Crippen molar-refractivity contribution in [3.8, 4) is 0 Å². The summed E-state index contributed by atoms with van der Waals surface area (Å²) in [5.41, 5.74) is 5.16. The van der Waals surface area contributed by atoms with Gasteiger partial charge in [-0.2, -0.15) is 0 Å². The fourth-order valence-corrected chi connectivity index (χ4v) is 4.37. The molecule has 0 bridgehead atoms. The van der Waals surface area contributed by atoms with Crippen molar-refractivity contribution in [3.63, 3.8) is 0 Å². The predicted octanol–water partition coefficient (Wildman–Crippen LogP) is 8.42. The second kappa shape index (κ2) is 25.3. The summed E-state index contributed by atoms with van der Waals surface area (Å²) in [6.45, 7) is 16.3. The molecule has 3 heteroatoms. The molecule has 0 spiro atoms. The maximum Gasteiger partial charge on any atom is 3.00 e. The van der Waals surface area contributed by atoms with E-state index in [0.29, 0.717) is 0 Å². The first kappa shape index (κ1) is 32.9. The van der Waals surface area contributed by atoms with Crippen LogP contribution in [0.2, 0.25) is 19.6 Å². The molecule has 0 aromatic carbocycles. The van der Waals surface area contributed by atoms with Gasteiger partial charge in [-0.1, -0.05) is 122 Å². The molecule has 2 fully saturated rings. The number of allylic oxidation sites excluding steroid dienone is 2. The van der Waals surface area contributed by atoms with Crippen LogP contribution in [0.25, 0.3) is 0 Å². The van der Waals surface area contributed by atoms with Gasteiger partial charge in [0.1, 0.15) is 0 Å². The minimum Gasteiger partial charge on any atom is -0.498 e. The van der Waals surface area contributed by atoms with Crippen molar-refractivity contribution in [1.82, 2.24) is 0 Å². The Labute approximate surface area is 198 Å². The van der Waals surface area contributed by atoms with E-state index in [1.54, 1.807) is 0 Å². The smallest absolute Gasteiger partial charge is 0.498 e. The summed E-state index contributed by atoms with van der Waals surface area (Å²) in [7, 11) is -1.14. The van der Waals surface area contributed by atoms with E-state index in [1.807, 2.05) is 6.08 Å². The number of rotatable bonds is 7. The first-order valence-corrected chi connectivity index (χ1v) is 14.9. The molecule has 0 aliphatic heterocycles. The van der Waals surface area contributed by atoms with E-state index in [4.69, 9.17) is 5.11 Å². The monoisotopic (exact) mass is 483 g/mol.